The molecule has 4 rings (SSSR count). The molecule has 0 saturated heterocycles. The summed E-state index contributed by atoms with van der Waals surface area (Å²) in [6, 6.07) is 14.7. The first-order chi connectivity index (χ1) is 15.2. The van der Waals surface area contributed by atoms with Crippen molar-refractivity contribution in [2.75, 3.05) is 0 Å². The van der Waals surface area contributed by atoms with E-state index in [0.717, 1.165) is 33.1 Å². The van der Waals surface area contributed by atoms with Gasteiger partial charge in [0.05, 0.1) is 11.4 Å². The van der Waals surface area contributed by atoms with Gasteiger partial charge in [-0.3, -0.25) is 9.59 Å². The summed E-state index contributed by atoms with van der Waals surface area (Å²) in [4.78, 5) is 27.7. The van der Waals surface area contributed by atoms with Gasteiger partial charge in [-0.05, 0) is 48.6 Å². The molecular formula is C26H25ClO4S. The second-order valence-corrected chi connectivity index (χ2v) is 10.5. The van der Waals surface area contributed by atoms with E-state index in [2.05, 4.69) is 13.8 Å². The van der Waals surface area contributed by atoms with Crippen LogP contribution >= 0.6 is 22.9 Å². The fourth-order valence-corrected chi connectivity index (χ4v) is 5.64. The Morgan fingerprint density at radius 2 is 1.81 bits per heavy atom. The Morgan fingerprint density at radius 3 is 2.53 bits per heavy atom. The van der Waals surface area contributed by atoms with Gasteiger partial charge in [-0.1, -0.05) is 55.3 Å². The number of carbonyl (C=O) groups excluding carboxylic acids is 2. The van der Waals surface area contributed by atoms with Gasteiger partial charge >= 0.3 is 5.97 Å². The molecule has 1 heterocycles. The molecule has 0 aliphatic heterocycles. The largest absolute Gasteiger partial charge is 0.488 e. The van der Waals surface area contributed by atoms with E-state index in [9.17, 15) is 9.59 Å². The standard InChI is InChI=1S/C26H25ClO4S/c1-16-8-10-17(11-9-16)30-15-23-18(12-24(29)31-21-7-5-4-6-19(21)27)25-20(28)13-26(2,3)14-22(25)32-23/h4-11H,12-15H2,1-3H3. The van der Waals surface area contributed by atoms with E-state index in [0.29, 0.717) is 29.4 Å². The topological polar surface area (TPSA) is 52.6 Å². The van der Waals surface area contributed by atoms with Crippen molar-refractivity contribution >= 4 is 34.7 Å². The average Bonchev–Trinajstić information content (AvgIpc) is 3.05. The highest BCUT2D eigenvalue weighted by Gasteiger charge is 2.36. The summed E-state index contributed by atoms with van der Waals surface area (Å²) in [5, 5.41) is 0.369. The lowest BCUT2D eigenvalue weighted by Crippen LogP contribution is -2.27. The number of para-hydroxylation sites is 1. The Balaban J connectivity index is 1.62. The van der Waals surface area contributed by atoms with Crippen LogP contribution in [0.4, 0.5) is 0 Å². The first-order valence-electron chi connectivity index (χ1n) is 10.5. The van der Waals surface area contributed by atoms with Crippen LogP contribution in [0.3, 0.4) is 0 Å². The van der Waals surface area contributed by atoms with Crippen molar-refractivity contribution in [1.82, 2.24) is 0 Å². The molecule has 0 N–H and O–H groups in total. The highest BCUT2D eigenvalue weighted by atomic mass is 35.5. The summed E-state index contributed by atoms with van der Waals surface area (Å²) in [7, 11) is 0. The number of fused-ring (bicyclic) bond motifs is 1. The summed E-state index contributed by atoms with van der Waals surface area (Å²) in [5.74, 6) is 0.689. The van der Waals surface area contributed by atoms with Gasteiger partial charge in [-0.25, -0.2) is 0 Å². The maximum atomic E-state index is 13.0. The van der Waals surface area contributed by atoms with Crippen LogP contribution in [0.25, 0.3) is 0 Å². The molecule has 0 unspecified atom stereocenters. The lowest BCUT2D eigenvalue weighted by atomic mass is 9.76. The van der Waals surface area contributed by atoms with Crippen LogP contribution in [-0.4, -0.2) is 11.8 Å². The van der Waals surface area contributed by atoms with E-state index >= 15 is 0 Å². The van der Waals surface area contributed by atoms with Crippen LogP contribution in [0.5, 0.6) is 11.5 Å². The molecule has 0 fully saturated rings. The van der Waals surface area contributed by atoms with Crippen molar-refractivity contribution in [2.24, 2.45) is 5.41 Å². The van der Waals surface area contributed by atoms with Crippen LogP contribution in [-0.2, 0) is 24.2 Å². The van der Waals surface area contributed by atoms with Gasteiger partial charge in [0.1, 0.15) is 18.1 Å². The number of hydrogen-bond acceptors (Lipinski definition) is 5. The molecule has 166 valence electrons. The number of halogens is 1. The highest BCUT2D eigenvalue weighted by molar-refractivity contribution is 7.12. The fraction of sp³-hybridized carbons (Fsp3) is 0.308. The minimum absolute atomic E-state index is 0.00415. The molecule has 1 aromatic heterocycles. The summed E-state index contributed by atoms with van der Waals surface area (Å²) in [6.45, 7) is 6.51. The molecule has 3 aromatic rings. The average molecular weight is 469 g/mol. The molecule has 2 aromatic carbocycles. The summed E-state index contributed by atoms with van der Waals surface area (Å²) in [5.41, 5.74) is 2.45. The third-order valence-corrected chi connectivity index (χ3v) is 7.01. The molecule has 0 amide bonds. The van der Waals surface area contributed by atoms with Crippen LogP contribution in [0.1, 0.15) is 51.5 Å². The molecule has 6 heteroatoms. The summed E-state index contributed by atoms with van der Waals surface area (Å²) < 4.78 is 11.5. The molecule has 0 radical (unpaired) electrons. The zero-order valence-corrected chi connectivity index (χ0v) is 19.9. The number of aryl methyl sites for hydroxylation is 1. The third kappa shape index (κ3) is 5.05. The van der Waals surface area contributed by atoms with Gasteiger partial charge in [-0.2, -0.15) is 0 Å². The van der Waals surface area contributed by atoms with Crippen molar-refractivity contribution in [3.05, 3.63) is 80.0 Å². The molecule has 0 atom stereocenters. The van der Waals surface area contributed by atoms with E-state index in [1.807, 2.05) is 31.2 Å². The smallest absolute Gasteiger partial charge is 0.315 e. The predicted molar refractivity (Wildman–Crippen MR) is 127 cm³/mol. The number of Topliss-reactive ketones (excluding diaryl/α,β-unsaturated/α-hetero) is 1. The number of ketones is 1. The zero-order chi connectivity index (χ0) is 22.9. The minimum atomic E-state index is -0.451. The summed E-state index contributed by atoms with van der Waals surface area (Å²) >= 11 is 7.69. The SMILES string of the molecule is Cc1ccc(OCc2sc3c(c2CC(=O)Oc2ccccc2Cl)C(=O)CC(C)(C)C3)cc1. The van der Waals surface area contributed by atoms with E-state index in [1.165, 1.54) is 0 Å². The van der Waals surface area contributed by atoms with Crippen molar-refractivity contribution in [1.29, 1.82) is 0 Å². The van der Waals surface area contributed by atoms with E-state index < -0.39 is 5.97 Å². The first-order valence-corrected chi connectivity index (χ1v) is 11.7. The fourth-order valence-electron chi connectivity index (χ4n) is 3.95. The second-order valence-electron chi connectivity index (χ2n) is 8.93. The van der Waals surface area contributed by atoms with Gasteiger partial charge in [0.25, 0.3) is 0 Å². The number of carbonyl (C=O) groups is 2. The van der Waals surface area contributed by atoms with Gasteiger partial charge in [0, 0.05) is 21.7 Å². The predicted octanol–water partition coefficient (Wildman–Crippen LogP) is 6.59. The number of hydrogen-bond donors (Lipinski definition) is 0. The molecule has 1 aliphatic rings. The Labute approximate surface area is 197 Å². The van der Waals surface area contributed by atoms with Crippen LogP contribution in [0.15, 0.2) is 48.5 Å². The van der Waals surface area contributed by atoms with E-state index in [4.69, 9.17) is 21.1 Å². The van der Waals surface area contributed by atoms with Gasteiger partial charge in [0.2, 0.25) is 0 Å². The lowest BCUT2D eigenvalue weighted by molar-refractivity contribution is -0.133. The van der Waals surface area contributed by atoms with Crippen molar-refractivity contribution in [3.8, 4) is 11.5 Å². The normalized spacial score (nSPS) is 14.7. The van der Waals surface area contributed by atoms with Gasteiger partial charge in [0.15, 0.2) is 5.78 Å². The molecule has 1 aliphatic carbocycles. The maximum Gasteiger partial charge on any atom is 0.315 e. The summed E-state index contributed by atoms with van der Waals surface area (Å²) in [6.07, 6.45) is 1.26. The highest BCUT2D eigenvalue weighted by Crippen LogP contribution is 2.42. The Hall–Kier alpha value is -2.63. The van der Waals surface area contributed by atoms with E-state index in [1.54, 1.807) is 35.6 Å². The molecule has 4 nitrogen and oxygen atoms in total. The Kier molecular flexibility index (Phi) is 6.40. The number of ether oxygens (including phenoxy) is 2. The molecule has 0 spiro atoms. The van der Waals surface area contributed by atoms with Gasteiger partial charge in [-0.15, -0.1) is 11.3 Å². The lowest BCUT2D eigenvalue weighted by Gasteiger charge is -2.28. The minimum Gasteiger partial charge on any atom is -0.488 e. The molecule has 0 saturated carbocycles. The number of thiophene rings is 1. The second kappa shape index (κ2) is 9.08. The van der Waals surface area contributed by atoms with Crippen molar-refractivity contribution in [2.45, 2.75) is 46.6 Å². The van der Waals surface area contributed by atoms with Crippen molar-refractivity contribution < 1.29 is 19.1 Å². The molecular weight excluding hydrogens is 444 g/mol. The number of rotatable bonds is 6. The number of esters is 1. The van der Waals surface area contributed by atoms with Crippen LogP contribution in [0, 0.1) is 12.3 Å². The Morgan fingerprint density at radius 1 is 1.09 bits per heavy atom. The van der Waals surface area contributed by atoms with E-state index in [-0.39, 0.29) is 17.6 Å². The first kappa shape index (κ1) is 22.6. The van der Waals surface area contributed by atoms with Crippen LogP contribution in [0.2, 0.25) is 5.02 Å². The molecule has 0 bridgehead atoms. The number of benzene rings is 2. The molecule has 32 heavy (non-hydrogen) atoms. The van der Waals surface area contributed by atoms with Crippen molar-refractivity contribution in [3.63, 3.8) is 0 Å². The monoisotopic (exact) mass is 468 g/mol. The Bertz CT molecular complexity index is 1160. The zero-order valence-electron chi connectivity index (χ0n) is 18.4. The quantitative estimate of drug-likeness (QED) is 0.302. The maximum absolute atomic E-state index is 13.0. The van der Waals surface area contributed by atoms with Gasteiger partial charge < -0.3 is 9.47 Å². The third-order valence-electron chi connectivity index (χ3n) is 5.49. The van der Waals surface area contributed by atoms with Crippen LogP contribution < -0.4 is 9.47 Å².